The first kappa shape index (κ1) is 11.3. The summed E-state index contributed by atoms with van der Waals surface area (Å²) in [5.74, 6) is -0.324. The highest BCUT2D eigenvalue weighted by Gasteiger charge is 2.11. The lowest BCUT2D eigenvalue weighted by Gasteiger charge is -2.10. The Morgan fingerprint density at radius 2 is 1.87 bits per heavy atom. The van der Waals surface area contributed by atoms with E-state index < -0.39 is 0 Å². The number of carbonyl (C=O) groups is 1. The van der Waals surface area contributed by atoms with E-state index in [0.717, 1.165) is 5.56 Å². The summed E-state index contributed by atoms with van der Waals surface area (Å²) in [5.41, 5.74) is 1.42. The molecule has 0 bridgehead atoms. The predicted molar refractivity (Wildman–Crippen MR) is 60.1 cm³/mol. The van der Waals surface area contributed by atoms with Crippen molar-refractivity contribution < 1.29 is 9.53 Å². The van der Waals surface area contributed by atoms with Gasteiger partial charge in [0.25, 0.3) is 0 Å². The Morgan fingerprint density at radius 1 is 1.27 bits per heavy atom. The first-order chi connectivity index (χ1) is 7.15. The van der Waals surface area contributed by atoms with Crippen molar-refractivity contribution in [3.8, 4) is 0 Å². The molecule has 0 amide bonds. The third-order valence-electron chi connectivity index (χ3n) is 1.88. The number of ether oxygens (including phenoxy) is 1. The summed E-state index contributed by atoms with van der Waals surface area (Å²) in [6.45, 7) is 0. The van der Waals surface area contributed by atoms with Crippen LogP contribution < -0.4 is 0 Å². The van der Waals surface area contributed by atoms with Crippen molar-refractivity contribution in [3.05, 3.63) is 42.1 Å². The molecule has 0 radical (unpaired) electrons. The van der Waals surface area contributed by atoms with Gasteiger partial charge < -0.3 is 9.64 Å². The van der Waals surface area contributed by atoms with E-state index >= 15 is 0 Å². The first-order valence-corrected chi connectivity index (χ1v) is 4.67. The van der Waals surface area contributed by atoms with Crippen LogP contribution >= 0.6 is 0 Å². The molecule has 0 aliphatic heterocycles. The molecule has 0 aliphatic carbocycles. The molecule has 3 nitrogen and oxygen atoms in total. The van der Waals surface area contributed by atoms with Gasteiger partial charge in [0, 0.05) is 20.3 Å². The summed E-state index contributed by atoms with van der Waals surface area (Å²) < 4.78 is 4.73. The van der Waals surface area contributed by atoms with E-state index in [1.54, 1.807) is 6.20 Å². The van der Waals surface area contributed by atoms with Crippen LogP contribution in [0.1, 0.15) is 5.56 Å². The van der Waals surface area contributed by atoms with E-state index in [4.69, 9.17) is 4.74 Å². The Kier molecular flexibility index (Phi) is 3.92. The number of methoxy groups -OCH3 is 1. The normalized spacial score (nSPS) is 11.0. The Labute approximate surface area is 90.0 Å². The van der Waals surface area contributed by atoms with Crippen LogP contribution in [0, 0.1) is 0 Å². The number of nitrogens with zero attached hydrogens (tertiary/aromatic N) is 1. The predicted octanol–water partition coefficient (Wildman–Crippen LogP) is 1.76. The molecule has 0 aromatic heterocycles. The molecule has 0 saturated heterocycles. The fourth-order valence-corrected chi connectivity index (χ4v) is 1.23. The van der Waals surface area contributed by atoms with Gasteiger partial charge >= 0.3 is 5.97 Å². The third kappa shape index (κ3) is 3.13. The Hall–Kier alpha value is -1.77. The maximum Gasteiger partial charge on any atom is 0.339 e. The molecule has 0 aliphatic rings. The highest BCUT2D eigenvalue weighted by atomic mass is 16.5. The second kappa shape index (κ2) is 5.20. The minimum atomic E-state index is -0.324. The monoisotopic (exact) mass is 205 g/mol. The number of carbonyl (C=O) groups excluding carboxylic acids is 1. The Morgan fingerprint density at radius 3 is 2.33 bits per heavy atom. The summed E-state index contributed by atoms with van der Waals surface area (Å²) in [7, 11) is 5.12. The molecule has 0 fully saturated rings. The molecule has 1 aromatic carbocycles. The summed E-state index contributed by atoms with van der Waals surface area (Å²) in [6, 6.07) is 9.45. The highest BCUT2D eigenvalue weighted by Crippen LogP contribution is 2.15. The first-order valence-electron chi connectivity index (χ1n) is 4.67. The van der Waals surface area contributed by atoms with Crippen molar-refractivity contribution in [3.63, 3.8) is 0 Å². The number of rotatable bonds is 3. The van der Waals surface area contributed by atoms with E-state index in [0.29, 0.717) is 5.57 Å². The molecule has 3 heteroatoms. The maximum absolute atomic E-state index is 11.5. The summed E-state index contributed by atoms with van der Waals surface area (Å²) in [6.07, 6.45) is 1.75. The van der Waals surface area contributed by atoms with Crippen molar-refractivity contribution in [2.45, 2.75) is 0 Å². The van der Waals surface area contributed by atoms with Crippen LogP contribution in [0.3, 0.4) is 0 Å². The second-order valence-corrected chi connectivity index (χ2v) is 3.36. The van der Waals surface area contributed by atoms with Gasteiger partial charge in [0.15, 0.2) is 0 Å². The summed E-state index contributed by atoms with van der Waals surface area (Å²) >= 11 is 0. The Bertz CT molecular complexity index is 355. The van der Waals surface area contributed by atoms with Gasteiger partial charge in [0.05, 0.1) is 12.7 Å². The second-order valence-electron chi connectivity index (χ2n) is 3.36. The fraction of sp³-hybridized carbons (Fsp3) is 0.250. The SMILES string of the molecule is COC(=O)/C(=C/N(C)C)c1ccccc1. The molecule has 0 saturated carbocycles. The van der Waals surface area contributed by atoms with E-state index in [1.165, 1.54) is 7.11 Å². The molecule has 0 spiro atoms. The van der Waals surface area contributed by atoms with Gasteiger partial charge in [-0.3, -0.25) is 0 Å². The van der Waals surface area contributed by atoms with E-state index in [9.17, 15) is 4.79 Å². The average Bonchev–Trinajstić information content (AvgIpc) is 2.26. The van der Waals surface area contributed by atoms with Crippen molar-refractivity contribution in [1.82, 2.24) is 4.90 Å². The minimum Gasteiger partial charge on any atom is -0.465 e. The maximum atomic E-state index is 11.5. The van der Waals surface area contributed by atoms with Crippen LogP contribution in [-0.2, 0) is 9.53 Å². The average molecular weight is 205 g/mol. The summed E-state index contributed by atoms with van der Waals surface area (Å²) in [4.78, 5) is 13.3. The van der Waals surface area contributed by atoms with Crippen LogP contribution in [0.25, 0.3) is 5.57 Å². The van der Waals surface area contributed by atoms with Crippen molar-refractivity contribution in [2.75, 3.05) is 21.2 Å². The standard InChI is InChI=1S/C12H15NO2/c1-13(2)9-11(12(14)15-3)10-7-5-4-6-8-10/h4-9H,1-3H3/b11-9+. The number of hydrogen-bond donors (Lipinski definition) is 0. The number of esters is 1. The van der Waals surface area contributed by atoms with Crippen molar-refractivity contribution >= 4 is 11.5 Å². The van der Waals surface area contributed by atoms with Crippen LogP contribution in [-0.4, -0.2) is 32.1 Å². The zero-order chi connectivity index (χ0) is 11.3. The molecule has 80 valence electrons. The van der Waals surface area contributed by atoms with Crippen molar-refractivity contribution in [2.24, 2.45) is 0 Å². The van der Waals surface area contributed by atoms with Gasteiger partial charge in [-0.25, -0.2) is 4.79 Å². The molecule has 15 heavy (non-hydrogen) atoms. The molecular formula is C12H15NO2. The molecule has 0 heterocycles. The zero-order valence-electron chi connectivity index (χ0n) is 9.23. The number of hydrogen-bond acceptors (Lipinski definition) is 3. The highest BCUT2D eigenvalue weighted by molar-refractivity contribution is 6.16. The smallest absolute Gasteiger partial charge is 0.339 e. The lowest BCUT2D eigenvalue weighted by molar-refractivity contribution is -0.133. The van der Waals surface area contributed by atoms with Crippen LogP contribution in [0.4, 0.5) is 0 Å². The largest absolute Gasteiger partial charge is 0.465 e. The number of benzene rings is 1. The summed E-state index contributed by atoms with van der Waals surface area (Å²) in [5, 5.41) is 0. The molecule has 0 unspecified atom stereocenters. The van der Waals surface area contributed by atoms with Gasteiger partial charge in [-0.2, -0.15) is 0 Å². The molecular weight excluding hydrogens is 190 g/mol. The lowest BCUT2D eigenvalue weighted by Crippen LogP contribution is -2.09. The fourth-order valence-electron chi connectivity index (χ4n) is 1.23. The van der Waals surface area contributed by atoms with Crippen LogP contribution in [0.15, 0.2) is 36.5 Å². The molecule has 1 aromatic rings. The lowest BCUT2D eigenvalue weighted by atomic mass is 10.1. The minimum absolute atomic E-state index is 0.324. The van der Waals surface area contributed by atoms with Gasteiger partial charge in [-0.15, -0.1) is 0 Å². The van der Waals surface area contributed by atoms with Crippen molar-refractivity contribution in [1.29, 1.82) is 0 Å². The zero-order valence-corrected chi connectivity index (χ0v) is 9.23. The van der Waals surface area contributed by atoms with Gasteiger partial charge in [-0.05, 0) is 5.56 Å². The van der Waals surface area contributed by atoms with Crippen LogP contribution in [0.5, 0.6) is 0 Å². The van der Waals surface area contributed by atoms with Crippen LogP contribution in [0.2, 0.25) is 0 Å². The topological polar surface area (TPSA) is 29.5 Å². The van der Waals surface area contributed by atoms with E-state index in [1.807, 2.05) is 49.3 Å². The Balaban J connectivity index is 3.08. The van der Waals surface area contributed by atoms with Gasteiger partial charge in [-0.1, -0.05) is 30.3 Å². The van der Waals surface area contributed by atoms with Gasteiger partial charge in [0.1, 0.15) is 0 Å². The third-order valence-corrected chi connectivity index (χ3v) is 1.88. The quantitative estimate of drug-likeness (QED) is 0.556. The molecule has 0 N–H and O–H groups in total. The van der Waals surface area contributed by atoms with E-state index in [-0.39, 0.29) is 5.97 Å². The molecule has 0 atom stereocenters. The van der Waals surface area contributed by atoms with E-state index in [2.05, 4.69) is 0 Å². The van der Waals surface area contributed by atoms with Gasteiger partial charge in [0.2, 0.25) is 0 Å². The molecule has 1 rings (SSSR count).